The predicted molar refractivity (Wildman–Crippen MR) is 83.1 cm³/mol. The fraction of sp³-hybridized carbons (Fsp3) is 0.600. The van der Waals surface area contributed by atoms with Crippen molar-refractivity contribution in [1.82, 2.24) is 5.32 Å². The Bertz CT molecular complexity index is 396. The van der Waals surface area contributed by atoms with Gasteiger partial charge in [0.1, 0.15) is 0 Å². The molecule has 1 N–H and O–H groups in total. The average Bonchev–Trinajstić information content (AvgIpc) is 2.35. The minimum absolute atomic E-state index is 0.190. The van der Waals surface area contributed by atoms with Gasteiger partial charge in [0.25, 0.3) is 0 Å². The highest BCUT2D eigenvalue weighted by Gasteiger charge is 2.14. The Labute approximate surface area is 124 Å². The summed E-state index contributed by atoms with van der Waals surface area (Å²) in [6, 6.07) is 4.12. The molecule has 0 fully saturated rings. The molecule has 1 unspecified atom stereocenters. The van der Waals surface area contributed by atoms with Crippen molar-refractivity contribution in [2.24, 2.45) is 0 Å². The molecule has 0 bridgehead atoms. The van der Waals surface area contributed by atoms with Crippen LogP contribution < -0.4 is 14.8 Å². The highest BCUT2D eigenvalue weighted by molar-refractivity contribution is 9.10. The Balaban J connectivity index is 2.99. The van der Waals surface area contributed by atoms with Gasteiger partial charge in [-0.15, -0.1) is 0 Å². The van der Waals surface area contributed by atoms with Crippen LogP contribution in [0.2, 0.25) is 0 Å². The van der Waals surface area contributed by atoms with E-state index in [0.29, 0.717) is 6.61 Å². The van der Waals surface area contributed by atoms with E-state index in [1.165, 1.54) is 5.56 Å². The normalized spacial score (nSPS) is 12.3. The summed E-state index contributed by atoms with van der Waals surface area (Å²) in [5, 5.41) is 3.14. The highest BCUT2D eigenvalue weighted by atomic mass is 79.9. The third-order valence-electron chi connectivity index (χ3n) is 2.76. The molecular formula is C15H24BrNO2. The molecule has 1 aromatic carbocycles. The zero-order chi connectivity index (χ0) is 14.3. The van der Waals surface area contributed by atoms with Gasteiger partial charge in [0.05, 0.1) is 17.2 Å². The van der Waals surface area contributed by atoms with Gasteiger partial charge in [-0.25, -0.2) is 0 Å². The van der Waals surface area contributed by atoms with E-state index >= 15 is 0 Å². The van der Waals surface area contributed by atoms with Crippen LogP contribution in [0.3, 0.4) is 0 Å². The van der Waals surface area contributed by atoms with Gasteiger partial charge in [-0.3, -0.25) is 0 Å². The monoisotopic (exact) mass is 329 g/mol. The first-order chi connectivity index (χ1) is 9.12. The molecule has 4 heteroatoms. The van der Waals surface area contributed by atoms with Crippen LogP contribution in [0.15, 0.2) is 16.6 Å². The molecule has 0 spiro atoms. The van der Waals surface area contributed by atoms with Gasteiger partial charge in [-0.1, -0.05) is 13.3 Å². The summed E-state index contributed by atoms with van der Waals surface area (Å²) in [4.78, 5) is 0. The lowest BCUT2D eigenvalue weighted by molar-refractivity contribution is 0.195. The van der Waals surface area contributed by atoms with E-state index in [2.05, 4.69) is 41.2 Å². The number of hydrogen-bond donors (Lipinski definition) is 1. The predicted octanol–water partition coefficient (Wildman–Crippen LogP) is 4.13. The molecular weight excluding hydrogens is 306 g/mol. The number of nitrogens with one attached hydrogen (secondary N) is 1. The van der Waals surface area contributed by atoms with Crippen LogP contribution in [-0.2, 0) is 6.54 Å². The fourth-order valence-electron chi connectivity index (χ4n) is 1.97. The van der Waals surface area contributed by atoms with E-state index in [4.69, 9.17) is 9.47 Å². The van der Waals surface area contributed by atoms with E-state index in [1.807, 2.05) is 20.0 Å². The average molecular weight is 330 g/mol. The molecule has 1 rings (SSSR count). The van der Waals surface area contributed by atoms with Crippen molar-refractivity contribution in [3.05, 3.63) is 22.2 Å². The molecule has 0 saturated heterocycles. The summed E-state index contributed by atoms with van der Waals surface area (Å²) in [5.41, 5.74) is 1.17. The lowest BCUT2D eigenvalue weighted by atomic mass is 10.2. The minimum atomic E-state index is 0.190. The Morgan fingerprint density at radius 2 is 2.05 bits per heavy atom. The molecule has 1 aromatic rings. The summed E-state index contributed by atoms with van der Waals surface area (Å²) >= 11 is 3.58. The van der Waals surface area contributed by atoms with Crippen LogP contribution in [0.5, 0.6) is 11.5 Å². The first-order valence-corrected chi connectivity index (χ1v) is 7.68. The summed E-state index contributed by atoms with van der Waals surface area (Å²) in [6.45, 7) is 7.68. The zero-order valence-corrected chi connectivity index (χ0v) is 13.8. The quantitative estimate of drug-likeness (QED) is 0.777. The lowest BCUT2D eigenvalue weighted by Crippen LogP contribution is -2.13. The van der Waals surface area contributed by atoms with Crippen LogP contribution in [0, 0.1) is 0 Å². The maximum atomic E-state index is 6.01. The van der Waals surface area contributed by atoms with Gasteiger partial charge in [0.2, 0.25) is 0 Å². The lowest BCUT2D eigenvalue weighted by Gasteiger charge is -2.19. The smallest absolute Gasteiger partial charge is 0.175 e. The Hall–Kier alpha value is -0.740. The minimum Gasteiger partial charge on any atom is -0.490 e. The van der Waals surface area contributed by atoms with Crippen molar-refractivity contribution < 1.29 is 9.47 Å². The van der Waals surface area contributed by atoms with Gasteiger partial charge >= 0.3 is 0 Å². The van der Waals surface area contributed by atoms with Crippen molar-refractivity contribution in [2.75, 3.05) is 13.7 Å². The number of hydrogen-bond acceptors (Lipinski definition) is 3. The number of halogens is 1. The summed E-state index contributed by atoms with van der Waals surface area (Å²) in [7, 11) is 1.93. The fourth-order valence-corrected chi connectivity index (χ4v) is 2.55. The van der Waals surface area contributed by atoms with Crippen molar-refractivity contribution >= 4 is 15.9 Å². The second-order valence-electron chi connectivity index (χ2n) is 4.59. The van der Waals surface area contributed by atoms with E-state index in [9.17, 15) is 0 Å². The van der Waals surface area contributed by atoms with E-state index in [1.54, 1.807) is 0 Å². The molecule has 0 amide bonds. The first kappa shape index (κ1) is 16.3. The maximum absolute atomic E-state index is 6.01. The zero-order valence-electron chi connectivity index (χ0n) is 12.3. The standard InChI is InChI=1S/C15H24BrNO2/c1-5-7-11(3)19-15-13(16)8-12(10-17-4)9-14(15)18-6-2/h8-9,11,17H,5-7,10H2,1-4H3. The molecule has 108 valence electrons. The van der Waals surface area contributed by atoms with E-state index in [0.717, 1.165) is 35.4 Å². The van der Waals surface area contributed by atoms with E-state index < -0.39 is 0 Å². The number of rotatable bonds is 8. The topological polar surface area (TPSA) is 30.5 Å². The highest BCUT2D eigenvalue weighted by Crippen LogP contribution is 2.38. The molecule has 0 aliphatic rings. The van der Waals surface area contributed by atoms with Crippen molar-refractivity contribution in [3.8, 4) is 11.5 Å². The second kappa shape index (κ2) is 8.43. The van der Waals surface area contributed by atoms with Crippen molar-refractivity contribution in [3.63, 3.8) is 0 Å². The van der Waals surface area contributed by atoms with Gasteiger partial charge in [0, 0.05) is 6.54 Å². The van der Waals surface area contributed by atoms with Gasteiger partial charge < -0.3 is 14.8 Å². The molecule has 0 aliphatic heterocycles. The molecule has 1 atom stereocenters. The van der Waals surface area contributed by atoms with Gasteiger partial charge in [0.15, 0.2) is 11.5 Å². The van der Waals surface area contributed by atoms with Gasteiger partial charge in [-0.2, -0.15) is 0 Å². The van der Waals surface area contributed by atoms with Gasteiger partial charge in [-0.05, 0) is 60.9 Å². The van der Waals surface area contributed by atoms with Crippen molar-refractivity contribution in [1.29, 1.82) is 0 Å². The Morgan fingerprint density at radius 1 is 1.32 bits per heavy atom. The second-order valence-corrected chi connectivity index (χ2v) is 5.44. The summed E-state index contributed by atoms with van der Waals surface area (Å²) in [5.74, 6) is 1.62. The Morgan fingerprint density at radius 3 is 2.63 bits per heavy atom. The maximum Gasteiger partial charge on any atom is 0.175 e. The SMILES string of the molecule is CCCC(C)Oc1c(Br)cc(CNC)cc1OCC. The molecule has 0 aromatic heterocycles. The molecule has 0 heterocycles. The summed E-state index contributed by atoms with van der Waals surface area (Å²) in [6.07, 6.45) is 2.34. The molecule has 3 nitrogen and oxygen atoms in total. The number of ether oxygens (including phenoxy) is 2. The molecule has 0 saturated carbocycles. The first-order valence-electron chi connectivity index (χ1n) is 6.88. The Kier molecular flexibility index (Phi) is 7.24. The molecule has 0 aliphatic carbocycles. The van der Waals surface area contributed by atoms with Crippen LogP contribution >= 0.6 is 15.9 Å². The number of benzene rings is 1. The molecule has 0 radical (unpaired) electrons. The van der Waals surface area contributed by atoms with Crippen LogP contribution in [0.1, 0.15) is 39.2 Å². The van der Waals surface area contributed by atoms with Crippen molar-refractivity contribution in [2.45, 2.75) is 46.3 Å². The van der Waals surface area contributed by atoms with Crippen LogP contribution in [-0.4, -0.2) is 19.8 Å². The third kappa shape index (κ3) is 5.03. The van der Waals surface area contributed by atoms with E-state index in [-0.39, 0.29) is 6.10 Å². The molecule has 19 heavy (non-hydrogen) atoms. The summed E-state index contributed by atoms with van der Waals surface area (Å²) < 4.78 is 12.7. The largest absolute Gasteiger partial charge is 0.490 e. The van der Waals surface area contributed by atoms with Crippen LogP contribution in [0.4, 0.5) is 0 Å². The third-order valence-corrected chi connectivity index (χ3v) is 3.35. The van der Waals surface area contributed by atoms with Crippen LogP contribution in [0.25, 0.3) is 0 Å².